The number of hydrogen-bond acceptors (Lipinski definition) is 0. The van der Waals surface area contributed by atoms with Crippen molar-refractivity contribution in [2.75, 3.05) is 6.54 Å². The number of hydrogen-bond donors (Lipinski definition) is 0. The number of benzene rings is 1. The first-order chi connectivity index (χ1) is 7.98. The molecule has 0 amide bonds. The molecule has 1 heterocycles. The molecular weight excluding hydrogens is 321 g/mol. The van der Waals surface area contributed by atoms with E-state index in [4.69, 9.17) is 0 Å². The van der Waals surface area contributed by atoms with Gasteiger partial charge in [0.15, 0.2) is 12.6 Å². The first kappa shape index (κ1) is 13.1. The average molecular weight is 342 g/mol. The third kappa shape index (κ3) is 3.30. The van der Waals surface area contributed by atoms with Crippen molar-refractivity contribution in [3.05, 3.63) is 35.9 Å². The molecule has 1 nitrogen and oxygen atoms in total. The van der Waals surface area contributed by atoms with Gasteiger partial charge in [-0.3, -0.25) is 0 Å². The first-order valence-corrected chi connectivity index (χ1v) is 7.53. The van der Waals surface area contributed by atoms with Crippen molar-refractivity contribution in [3.8, 4) is 0 Å². The second-order valence-electron chi connectivity index (χ2n) is 5.70. The summed E-state index contributed by atoms with van der Waals surface area (Å²) in [5.74, 6) is 0. The van der Waals surface area contributed by atoms with Crippen LogP contribution < -0.4 is 0 Å². The molecule has 2 heteroatoms. The van der Waals surface area contributed by atoms with E-state index in [0.29, 0.717) is 11.5 Å². The molecule has 0 saturated carbocycles. The third-order valence-electron chi connectivity index (χ3n) is 3.45. The average Bonchev–Trinajstić information content (AvgIpc) is 2.26. The molecule has 0 N–H and O–H groups in total. The van der Waals surface area contributed by atoms with Crippen molar-refractivity contribution in [2.45, 2.75) is 37.2 Å². The highest BCUT2D eigenvalue weighted by molar-refractivity contribution is 14.1. The van der Waals surface area contributed by atoms with Crippen LogP contribution in [0.15, 0.2) is 30.3 Å². The molecule has 0 fully saturated rings. The largest absolute Gasteiger partial charge is 0.231 e. The monoisotopic (exact) mass is 342 g/mol. The Morgan fingerprint density at radius 1 is 1.29 bits per heavy atom. The van der Waals surface area contributed by atoms with E-state index in [1.54, 1.807) is 0 Å². The van der Waals surface area contributed by atoms with Gasteiger partial charge in [0.05, 0.1) is 3.92 Å². The molecule has 1 unspecified atom stereocenters. The standard InChI is InChI=1S/C15H21IN/c1-12(13-7-5-4-6-8-13)17-10-14(16)9-15(2,3)11-17/h4-8,11-12,14H,9-10H2,1-3H3/q+1/t12-,14?/m1/s1. The molecule has 0 spiro atoms. The molecule has 17 heavy (non-hydrogen) atoms. The molecular formula is C15H21IN+. The van der Waals surface area contributed by atoms with Gasteiger partial charge in [0, 0.05) is 17.9 Å². The van der Waals surface area contributed by atoms with Crippen LogP contribution in [0.1, 0.15) is 38.8 Å². The summed E-state index contributed by atoms with van der Waals surface area (Å²) in [6.45, 7) is 8.14. The van der Waals surface area contributed by atoms with Gasteiger partial charge in [-0.15, -0.1) is 0 Å². The molecule has 92 valence electrons. The van der Waals surface area contributed by atoms with Crippen molar-refractivity contribution in [2.24, 2.45) is 5.41 Å². The van der Waals surface area contributed by atoms with E-state index in [9.17, 15) is 0 Å². The molecule has 1 aliphatic heterocycles. The van der Waals surface area contributed by atoms with Crippen molar-refractivity contribution in [3.63, 3.8) is 0 Å². The lowest BCUT2D eigenvalue weighted by Crippen LogP contribution is -2.37. The second kappa shape index (κ2) is 5.09. The SMILES string of the molecule is C[C@H](c1ccccc1)[N+]1=CC(C)(C)CC(I)C1. The molecule has 1 aliphatic rings. The van der Waals surface area contributed by atoms with Crippen LogP contribution in [0.5, 0.6) is 0 Å². The van der Waals surface area contributed by atoms with Crippen LogP contribution in [0, 0.1) is 5.41 Å². The van der Waals surface area contributed by atoms with Gasteiger partial charge >= 0.3 is 0 Å². The van der Waals surface area contributed by atoms with Gasteiger partial charge in [-0.25, -0.2) is 4.58 Å². The number of alkyl halides is 1. The van der Waals surface area contributed by atoms with Gasteiger partial charge in [-0.1, -0.05) is 66.8 Å². The van der Waals surface area contributed by atoms with E-state index in [1.807, 2.05) is 0 Å². The van der Waals surface area contributed by atoms with Gasteiger partial charge in [0.2, 0.25) is 0 Å². The van der Waals surface area contributed by atoms with E-state index < -0.39 is 0 Å². The van der Waals surface area contributed by atoms with E-state index >= 15 is 0 Å². The van der Waals surface area contributed by atoms with Crippen molar-refractivity contribution >= 4 is 28.8 Å². The maximum absolute atomic E-state index is 2.59. The third-order valence-corrected chi connectivity index (χ3v) is 4.29. The van der Waals surface area contributed by atoms with Crippen LogP contribution in [0.25, 0.3) is 0 Å². The minimum absolute atomic E-state index is 0.327. The number of rotatable bonds is 2. The zero-order chi connectivity index (χ0) is 12.5. The van der Waals surface area contributed by atoms with Crippen molar-refractivity contribution < 1.29 is 4.58 Å². The highest BCUT2D eigenvalue weighted by Gasteiger charge is 2.34. The Kier molecular flexibility index (Phi) is 3.91. The fraction of sp³-hybridized carbons (Fsp3) is 0.533. The number of nitrogens with zero attached hydrogens (tertiary/aromatic N) is 1. The van der Waals surface area contributed by atoms with Crippen molar-refractivity contribution in [1.29, 1.82) is 0 Å². The molecule has 0 aromatic heterocycles. The number of halogens is 1. The normalized spacial score (nSPS) is 25.2. The Hall–Kier alpha value is -0.380. The summed E-state index contributed by atoms with van der Waals surface area (Å²) in [5.41, 5.74) is 1.73. The highest BCUT2D eigenvalue weighted by atomic mass is 127. The zero-order valence-electron chi connectivity index (χ0n) is 10.9. The molecule has 2 rings (SSSR count). The van der Waals surface area contributed by atoms with E-state index in [0.717, 1.165) is 3.92 Å². The molecule has 0 bridgehead atoms. The summed E-state index contributed by atoms with van der Waals surface area (Å²) in [7, 11) is 0. The summed E-state index contributed by atoms with van der Waals surface area (Å²) < 4.78 is 3.26. The predicted octanol–water partition coefficient (Wildman–Crippen LogP) is 4.06. The van der Waals surface area contributed by atoms with Crippen LogP contribution in [-0.2, 0) is 0 Å². The minimum Gasteiger partial charge on any atom is -0.231 e. The fourth-order valence-corrected chi connectivity index (χ4v) is 4.20. The topological polar surface area (TPSA) is 3.01 Å². The Morgan fingerprint density at radius 2 is 1.94 bits per heavy atom. The Bertz CT molecular complexity index is 408. The Labute approximate surface area is 118 Å². The van der Waals surface area contributed by atoms with Crippen LogP contribution in [0.2, 0.25) is 0 Å². The lowest BCUT2D eigenvalue weighted by Gasteiger charge is -2.28. The smallest absolute Gasteiger partial charge is 0.174 e. The molecule has 2 atom stereocenters. The maximum Gasteiger partial charge on any atom is 0.174 e. The zero-order valence-corrected chi connectivity index (χ0v) is 13.0. The van der Waals surface area contributed by atoms with Crippen LogP contribution in [0.3, 0.4) is 0 Å². The van der Waals surface area contributed by atoms with Crippen molar-refractivity contribution in [1.82, 2.24) is 0 Å². The van der Waals surface area contributed by atoms with Gasteiger partial charge in [-0.05, 0) is 6.42 Å². The molecule has 1 aromatic rings. The van der Waals surface area contributed by atoms with Crippen LogP contribution in [0.4, 0.5) is 0 Å². The highest BCUT2D eigenvalue weighted by Crippen LogP contribution is 2.30. The summed E-state index contributed by atoms with van der Waals surface area (Å²) in [4.78, 5) is 0. The summed E-state index contributed by atoms with van der Waals surface area (Å²) in [6, 6.07) is 11.3. The fourth-order valence-electron chi connectivity index (χ4n) is 2.61. The van der Waals surface area contributed by atoms with Crippen LogP contribution in [-0.4, -0.2) is 21.3 Å². The summed E-state index contributed by atoms with van der Waals surface area (Å²) >= 11 is 2.59. The van der Waals surface area contributed by atoms with E-state index in [1.165, 1.54) is 18.5 Å². The molecule has 0 aliphatic carbocycles. The first-order valence-electron chi connectivity index (χ1n) is 6.29. The molecule has 1 aromatic carbocycles. The van der Waals surface area contributed by atoms with Crippen LogP contribution >= 0.6 is 22.6 Å². The molecule has 0 saturated heterocycles. The predicted molar refractivity (Wildman–Crippen MR) is 82.3 cm³/mol. The van der Waals surface area contributed by atoms with Gasteiger partial charge in [0.1, 0.15) is 6.21 Å². The maximum atomic E-state index is 2.59. The second-order valence-corrected chi connectivity index (χ2v) is 7.46. The lowest BCUT2D eigenvalue weighted by molar-refractivity contribution is -0.570. The van der Waals surface area contributed by atoms with E-state index in [-0.39, 0.29) is 0 Å². The van der Waals surface area contributed by atoms with Gasteiger partial charge < -0.3 is 0 Å². The Balaban J connectivity index is 2.25. The lowest BCUT2D eigenvalue weighted by atomic mass is 9.86. The summed E-state index contributed by atoms with van der Waals surface area (Å²) in [5, 5.41) is 0. The summed E-state index contributed by atoms with van der Waals surface area (Å²) in [6.07, 6.45) is 3.71. The quantitative estimate of drug-likeness (QED) is 0.433. The Morgan fingerprint density at radius 3 is 2.53 bits per heavy atom. The van der Waals surface area contributed by atoms with E-state index in [2.05, 4.69) is 84.5 Å². The van der Waals surface area contributed by atoms with Gasteiger partial charge in [0.25, 0.3) is 0 Å². The molecule has 0 radical (unpaired) electrons. The van der Waals surface area contributed by atoms with Gasteiger partial charge in [-0.2, -0.15) is 0 Å². The minimum atomic E-state index is 0.327.